The lowest BCUT2D eigenvalue weighted by Gasteiger charge is -2.21. The second-order valence-electron chi connectivity index (χ2n) is 4.77. The number of nitro groups is 1. The van der Waals surface area contributed by atoms with Crippen LogP contribution in [-0.2, 0) is 9.53 Å². The fourth-order valence-corrected chi connectivity index (χ4v) is 1.99. The highest BCUT2D eigenvalue weighted by atomic mass is 16.6. The summed E-state index contributed by atoms with van der Waals surface area (Å²) in [4.78, 5) is 35.5. The van der Waals surface area contributed by atoms with E-state index in [0.29, 0.717) is 5.56 Å². The maximum Gasteiger partial charge on any atom is 0.325 e. The Morgan fingerprint density at radius 1 is 1.33 bits per heavy atom. The lowest BCUT2D eigenvalue weighted by atomic mass is 10.2. The fourth-order valence-electron chi connectivity index (χ4n) is 1.99. The number of hydrogen-bond donors (Lipinski definition) is 0. The highest BCUT2D eigenvalue weighted by Crippen LogP contribution is 2.28. The van der Waals surface area contributed by atoms with Gasteiger partial charge in [-0.15, -0.1) is 0 Å². The zero-order valence-electron chi connectivity index (χ0n) is 11.7. The summed E-state index contributed by atoms with van der Waals surface area (Å²) in [5.74, 6) is -0.750. The molecule has 0 heterocycles. The third-order valence-corrected chi connectivity index (χ3v) is 3.18. The highest BCUT2D eigenvalue weighted by molar-refractivity contribution is 5.96. The van der Waals surface area contributed by atoms with Gasteiger partial charge in [0.1, 0.15) is 6.54 Å². The number of carbonyl (C=O) groups excluding carboxylic acids is 2. The van der Waals surface area contributed by atoms with E-state index in [0.717, 1.165) is 12.8 Å². The summed E-state index contributed by atoms with van der Waals surface area (Å²) < 4.78 is 4.86. The molecule has 7 nitrogen and oxygen atoms in total. The van der Waals surface area contributed by atoms with Crippen LogP contribution in [0.2, 0.25) is 0 Å². The molecule has 1 saturated carbocycles. The van der Waals surface area contributed by atoms with Gasteiger partial charge >= 0.3 is 5.97 Å². The van der Waals surface area contributed by atoms with Crippen LogP contribution in [0.5, 0.6) is 0 Å². The molecule has 0 radical (unpaired) electrons. The van der Waals surface area contributed by atoms with Crippen molar-refractivity contribution in [2.24, 2.45) is 0 Å². The molecule has 0 aliphatic heterocycles. The van der Waals surface area contributed by atoms with Crippen LogP contribution in [0.4, 0.5) is 5.69 Å². The van der Waals surface area contributed by atoms with Crippen LogP contribution < -0.4 is 0 Å². The van der Waals surface area contributed by atoms with E-state index in [1.807, 2.05) is 0 Å². The number of carbonyl (C=O) groups is 2. The average molecular weight is 292 g/mol. The Hall–Kier alpha value is -2.44. The molecule has 0 N–H and O–H groups in total. The predicted molar refractivity (Wildman–Crippen MR) is 73.8 cm³/mol. The van der Waals surface area contributed by atoms with Gasteiger partial charge in [0.15, 0.2) is 0 Å². The number of nitrogens with zero attached hydrogens (tertiary/aromatic N) is 2. The van der Waals surface area contributed by atoms with Gasteiger partial charge in [0.25, 0.3) is 11.6 Å². The van der Waals surface area contributed by atoms with E-state index in [9.17, 15) is 19.7 Å². The first-order chi connectivity index (χ1) is 10.0. The average Bonchev–Trinajstić information content (AvgIpc) is 3.29. The molecule has 7 heteroatoms. The summed E-state index contributed by atoms with van der Waals surface area (Å²) in [7, 11) is 0. The second kappa shape index (κ2) is 6.34. The van der Waals surface area contributed by atoms with Crippen molar-refractivity contribution in [2.45, 2.75) is 25.8 Å². The summed E-state index contributed by atoms with van der Waals surface area (Å²) in [5, 5.41) is 10.6. The molecule has 112 valence electrons. The van der Waals surface area contributed by atoms with Crippen LogP contribution in [0.15, 0.2) is 24.3 Å². The molecule has 0 unspecified atom stereocenters. The summed E-state index contributed by atoms with van der Waals surface area (Å²) in [6.45, 7) is 1.88. The number of rotatable bonds is 6. The SMILES string of the molecule is CCOC(=O)CN(C(=O)c1ccc([N+](=O)[O-])cc1)C1CC1. The molecule has 1 aromatic carbocycles. The normalized spacial score (nSPS) is 13.6. The van der Waals surface area contributed by atoms with Gasteiger partial charge in [-0.05, 0) is 31.9 Å². The van der Waals surface area contributed by atoms with Crippen molar-refractivity contribution in [1.29, 1.82) is 0 Å². The number of ether oxygens (including phenoxy) is 1. The van der Waals surface area contributed by atoms with E-state index in [2.05, 4.69) is 0 Å². The number of nitro benzene ring substituents is 1. The van der Waals surface area contributed by atoms with Gasteiger partial charge < -0.3 is 9.64 Å². The Morgan fingerprint density at radius 3 is 2.43 bits per heavy atom. The predicted octanol–water partition coefficient (Wildman–Crippen LogP) is 1.76. The van der Waals surface area contributed by atoms with Crippen LogP contribution >= 0.6 is 0 Å². The van der Waals surface area contributed by atoms with Crippen molar-refractivity contribution >= 4 is 17.6 Å². The largest absolute Gasteiger partial charge is 0.465 e. The molecule has 1 aromatic rings. The number of benzene rings is 1. The molecule has 1 fully saturated rings. The van der Waals surface area contributed by atoms with E-state index < -0.39 is 10.9 Å². The maximum atomic E-state index is 12.4. The van der Waals surface area contributed by atoms with Gasteiger partial charge in [-0.1, -0.05) is 0 Å². The molecule has 0 aromatic heterocycles. The standard InChI is InChI=1S/C14H16N2O5/c1-2-21-13(17)9-15(11-7-8-11)14(18)10-3-5-12(6-4-10)16(19)20/h3-6,11H,2,7-9H2,1H3. The summed E-state index contributed by atoms with van der Waals surface area (Å²) in [6.07, 6.45) is 1.72. The minimum atomic E-state index is -0.522. The Kier molecular flexibility index (Phi) is 4.52. The molecular formula is C14H16N2O5. The third kappa shape index (κ3) is 3.77. The van der Waals surface area contributed by atoms with Crippen LogP contribution in [-0.4, -0.2) is 40.9 Å². The topological polar surface area (TPSA) is 89.8 Å². The van der Waals surface area contributed by atoms with E-state index in [1.54, 1.807) is 6.92 Å². The van der Waals surface area contributed by atoms with Crippen molar-refractivity contribution < 1.29 is 19.2 Å². The zero-order chi connectivity index (χ0) is 15.4. The van der Waals surface area contributed by atoms with E-state index in [-0.39, 0.29) is 30.8 Å². The Labute approximate surface area is 121 Å². The molecule has 0 saturated heterocycles. The van der Waals surface area contributed by atoms with Crippen molar-refractivity contribution in [3.05, 3.63) is 39.9 Å². The molecule has 0 spiro atoms. The van der Waals surface area contributed by atoms with Crippen molar-refractivity contribution in [3.8, 4) is 0 Å². The zero-order valence-corrected chi connectivity index (χ0v) is 11.7. The molecule has 0 bridgehead atoms. The van der Waals surface area contributed by atoms with Crippen LogP contribution in [0.3, 0.4) is 0 Å². The molecule has 2 rings (SSSR count). The number of non-ortho nitro benzene ring substituents is 1. The summed E-state index contributed by atoms with van der Waals surface area (Å²) in [5.41, 5.74) is 0.256. The first-order valence-electron chi connectivity index (χ1n) is 6.74. The van der Waals surface area contributed by atoms with Crippen LogP contribution in [0, 0.1) is 10.1 Å². The number of esters is 1. The second-order valence-corrected chi connectivity index (χ2v) is 4.77. The van der Waals surface area contributed by atoms with Gasteiger partial charge in [0.05, 0.1) is 11.5 Å². The van der Waals surface area contributed by atoms with Crippen LogP contribution in [0.25, 0.3) is 0 Å². The van der Waals surface area contributed by atoms with E-state index in [4.69, 9.17) is 4.74 Å². The molecular weight excluding hydrogens is 276 g/mol. The number of hydrogen-bond acceptors (Lipinski definition) is 5. The lowest BCUT2D eigenvalue weighted by molar-refractivity contribution is -0.384. The monoisotopic (exact) mass is 292 g/mol. The van der Waals surface area contributed by atoms with Gasteiger partial charge in [0, 0.05) is 23.7 Å². The van der Waals surface area contributed by atoms with E-state index >= 15 is 0 Å². The minimum Gasteiger partial charge on any atom is -0.465 e. The minimum absolute atomic E-state index is 0.0529. The van der Waals surface area contributed by atoms with Crippen molar-refractivity contribution in [2.75, 3.05) is 13.2 Å². The molecule has 1 aliphatic carbocycles. The van der Waals surface area contributed by atoms with Crippen LogP contribution in [0.1, 0.15) is 30.1 Å². The van der Waals surface area contributed by atoms with E-state index in [1.165, 1.54) is 29.2 Å². The fraction of sp³-hybridized carbons (Fsp3) is 0.429. The smallest absolute Gasteiger partial charge is 0.325 e. The first kappa shape index (κ1) is 15.0. The van der Waals surface area contributed by atoms with Gasteiger partial charge in [-0.25, -0.2) is 0 Å². The first-order valence-corrected chi connectivity index (χ1v) is 6.74. The molecule has 0 atom stereocenters. The molecule has 1 amide bonds. The Morgan fingerprint density at radius 2 is 1.95 bits per heavy atom. The third-order valence-electron chi connectivity index (χ3n) is 3.18. The van der Waals surface area contributed by atoms with Gasteiger partial charge in [-0.3, -0.25) is 19.7 Å². The molecule has 1 aliphatic rings. The van der Waals surface area contributed by atoms with Gasteiger partial charge in [-0.2, -0.15) is 0 Å². The molecule has 21 heavy (non-hydrogen) atoms. The maximum absolute atomic E-state index is 12.4. The summed E-state index contributed by atoms with van der Waals surface area (Å²) >= 11 is 0. The van der Waals surface area contributed by atoms with Gasteiger partial charge in [0.2, 0.25) is 0 Å². The quantitative estimate of drug-likeness (QED) is 0.453. The number of amides is 1. The Balaban J connectivity index is 2.10. The summed E-state index contributed by atoms with van der Waals surface area (Å²) in [6, 6.07) is 5.42. The Bertz CT molecular complexity index is 551. The van der Waals surface area contributed by atoms with Crippen molar-refractivity contribution in [1.82, 2.24) is 4.90 Å². The highest BCUT2D eigenvalue weighted by Gasteiger charge is 2.34. The lowest BCUT2D eigenvalue weighted by Crippen LogP contribution is -2.38. The van der Waals surface area contributed by atoms with Crippen molar-refractivity contribution in [3.63, 3.8) is 0 Å².